The van der Waals surface area contributed by atoms with Crippen LogP contribution in [0.1, 0.15) is 18.4 Å². The molecule has 1 aromatic rings. The molecule has 1 aliphatic heterocycles. The number of nitro groups is 1. The van der Waals surface area contributed by atoms with Crippen LogP contribution in [-0.4, -0.2) is 24.2 Å². The smallest absolute Gasteiger partial charge is 0.371 e. The van der Waals surface area contributed by atoms with Gasteiger partial charge in [0, 0.05) is 30.9 Å². The number of nitro benzene ring substituents is 1. The Kier molecular flexibility index (Phi) is 3.87. The lowest BCUT2D eigenvalue weighted by atomic mass is 9.95. The third-order valence-electron chi connectivity index (χ3n) is 3.69. The average Bonchev–Trinajstić information content (AvgIpc) is 2.37. The summed E-state index contributed by atoms with van der Waals surface area (Å²) >= 11 is 0. The monoisotopic (exact) mass is 288 g/mol. The summed E-state index contributed by atoms with van der Waals surface area (Å²) in [6.45, 7) is 2.38. The summed E-state index contributed by atoms with van der Waals surface area (Å²) in [5.41, 5.74) is 1.48. The maximum absolute atomic E-state index is 12.6. The molecule has 0 amide bonds. The number of aryl methyl sites for hydroxylation is 1. The van der Waals surface area contributed by atoms with Crippen LogP contribution >= 0.6 is 0 Å². The van der Waals surface area contributed by atoms with Gasteiger partial charge in [0.25, 0.3) is 5.69 Å². The molecule has 1 aromatic carbocycles. The van der Waals surface area contributed by atoms with Gasteiger partial charge in [0.15, 0.2) is 0 Å². The first kappa shape index (κ1) is 14.6. The minimum absolute atomic E-state index is 0.00331. The molecule has 110 valence electrons. The topological polar surface area (TPSA) is 46.4 Å². The third kappa shape index (κ3) is 3.02. The SMILES string of the molecule is Cc1cc([N+](=O)[O-])ccc1N1CCC(C(F)(F)F)CC1. The number of halogens is 3. The summed E-state index contributed by atoms with van der Waals surface area (Å²) in [6.07, 6.45) is -3.99. The van der Waals surface area contributed by atoms with Crippen molar-refractivity contribution in [1.29, 1.82) is 0 Å². The van der Waals surface area contributed by atoms with Crippen LogP contribution < -0.4 is 4.90 Å². The molecular weight excluding hydrogens is 273 g/mol. The lowest BCUT2D eigenvalue weighted by Crippen LogP contribution is -2.39. The maximum Gasteiger partial charge on any atom is 0.391 e. The van der Waals surface area contributed by atoms with E-state index in [2.05, 4.69) is 0 Å². The van der Waals surface area contributed by atoms with Gasteiger partial charge >= 0.3 is 6.18 Å². The number of non-ortho nitro benzene ring substituents is 1. The van der Waals surface area contributed by atoms with E-state index < -0.39 is 17.0 Å². The summed E-state index contributed by atoms with van der Waals surface area (Å²) in [7, 11) is 0. The van der Waals surface area contributed by atoms with Gasteiger partial charge in [-0.15, -0.1) is 0 Å². The van der Waals surface area contributed by atoms with Crippen LogP contribution in [0.2, 0.25) is 0 Å². The molecule has 1 heterocycles. The van der Waals surface area contributed by atoms with Crippen molar-refractivity contribution in [3.8, 4) is 0 Å². The predicted molar refractivity (Wildman–Crippen MR) is 68.8 cm³/mol. The second kappa shape index (κ2) is 5.30. The van der Waals surface area contributed by atoms with Crippen molar-refractivity contribution in [3.63, 3.8) is 0 Å². The Morgan fingerprint density at radius 1 is 1.30 bits per heavy atom. The second-order valence-corrected chi connectivity index (χ2v) is 5.03. The van der Waals surface area contributed by atoms with Crippen molar-refractivity contribution in [3.05, 3.63) is 33.9 Å². The molecule has 0 N–H and O–H groups in total. The summed E-state index contributed by atoms with van der Waals surface area (Å²) in [4.78, 5) is 12.0. The van der Waals surface area contributed by atoms with Crippen molar-refractivity contribution in [2.45, 2.75) is 25.9 Å². The van der Waals surface area contributed by atoms with E-state index in [1.165, 1.54) is 12.1 Å². The van der Waals surface area contributed by atoms with Gasteiger partial charge in [-0.05, 0) is 31.4 Å². The normalized spacial score (nSPS) is 17.3. The highest BCUT2D eigenvalue weighted by molar-refractivity contribution is 5.57. The standard InChI is InChI=1S/C13H15F3N2O2/c1-9-8-11(18(19)20)2-3-12(9)17-6-4-10(5-7-17)13(14,15)16/h2-3,8,10H,4-7H2,1H3. The maximum atomic E-state index is 12.6. The molecule has 1 saturated heterocycles. The van der Waals surface area contributed by atoms with Gasteiger partial charge in [0.05, 0.1) is 10.8 Å². The van der Waals surface area contributed by atoms with E-state index in [4.69, 9.17) is 0 Å². The molecule has 1 aliphatic rings. The number of anilines is 1. The van der Waals surface area contributed by atoms with Gasteiger partial charge in [-0.25, -0.2) is 0 Å². The van der Waals surface area contributed by atoms with Crippen LogP contribution in [-0.2, 0) is 0 Å². The Balaban J connectivity index is 2.09. The molecule has 0 bridgehead atoms. The zero-order valence-corrected chi connectivity index (χ0v) is 11.0. The summed E-state index contributed by atoms with van der Waals surface area (Å²) < 4.78 is 37.8. The van der Waals surface area contributed by atoms with Crippen molar-refractivity contribution in [2.75, 3.05) is 18.0 Å². The average molecular weight is 288 g/mol. The van der Waals surface area contributed by atoms with E-state index in [1.807, 2.05) is 4.90 Å². The Hall–Kier alpha value is -1.79. The van der Waals surface area contributed by atoms with E-state index in [1.54, 1.807) is 13.0 Å². The number of benzene rings is 1. The summed E-state index contributed by atoms with van der Waals surface area (Å²) in [6, 6.07) is 4.45. The molecule has 0 aliphatic carbocycles. The number of hydrogen-bond donors (Lipinski definition) is 0. The van der Waals surface area contributed by atoms with E-state index >= 15 is 0 Å². The molecule has 0 spiro atoms. The van der Waals surface area contributed by atoms with Crippen molar-refractivity contribution < 1.29 is 18.1 Å². The molecule has 0 radical (unpaired) electrons. The number of piperidine rings is 1. The largest absolute Gasteiger partial charge is 0.391 e. The van der Waals surface area contributed by atoms with Crippen LogP contribution in [0, 0.1) is 23.0 Å². The Morgan fingerprint density at radius 3 is 2.35 bits per heavy atom. The third-order valence-corrected chi connectivity index (χ3v) is 3.69. The van der Waals surface area contributed by atoms with Crippen LogP contribution in [0.25, 0.3) is 0 Å². The van der Waals surface area contributed by atoms with Gasteiger partial charge in [-0.1, -0.05) is 0 Å². The Labute approximate surface area is 114 Å². The Bertz CT molecular complexity index is 509. The molecule has 0 atom stereocenters. The van der Waals surface area contributed by atoms with E-state index in [9.17, 15) is 23.3 Å². The highest BCUT2D eigenvalue weighted by atomic mass is 19.4. The van der Waals surface area contributed by atoms with E-state index in [0.29, 0.717) is 18.7 Å². The van der Waals surface area contributed by atoms with E-state index in [-0.39, 0.29) is 18.5 Å². The van der Waals surface area contributed by atoms with Crippen molar-refractivity contribution in [2.24, 2.45) is 5.92 Å². The van der Waals surface area contributed by atoms with Crippen LogP contribution in [0.5, 0.6) is 0 Å². The minimum atomic E-state index is -4.13. The first-order valence-corrected chi connectivity index (χ1v) is 6.35. The zero-order valence-electron chi connectivity index (χ0n) is 11.0. The lowest BCUT2D eigenvalue weighted by Gasteiger charge is -2.35. The molecule has 7 heteroatoms. The molecule has 0 unspecified atom stereocenters. The first-order chi connectivity index (χ1) is 9.29. The highest BCUT2D eigenvalue weighted by Crippen LogP contribution is 2.36. The molecule has 0 aromatic heterocycles. The molecule has 0 saturated carbocycles. The quantitative estimate of drug-likeness (QED) is 0.616. The summed E-state index contributed by atoms with van der Waals surface area (Å²) in [5, 5.41) is 10.7. The predicted octanol–water partition coefficient (Wildman–Crippen LogP) is 3.68. The fourth-order valence-electron chi connectivity index (χ4n) is 2.56. The fourth-order valence-corrected chi connectivity index (χ4v) is 2.56. The first-order valence-electron chi connectivity index (χ1n) is 6.35. The lowest BCUT2D eigenvalue weighted by molar-refractivity contribution is -0.384. The van der Waals surface area contributed by atoms with Crippen molar-refractivity contribution in [1.82, 2.24) is 0 Å². The zero-order chi connectivity index (χ0) is 14.9. The van der Waals surface area contributed by atoms with Gasteiger partial charge in [-0.3, -0.25) is 10.1 Å². The molecule has 1 fully saturated rings. The Morgan fingerprint density at radius 2 is 1.90 bits per heavy atom. The number of hydrogen-bond acceptors (Lipinski definition) is 3. The van der Waals surface area contributed by atoms with Gasteiger partial charge < -0.3 is 4.90 Å². The van der Waals surface area contributed by atoms with Crippen LogP contribution in [0.4, 0.5) is 24.5 Å². The summed E-state index contributed by atoms with van der Waals surface area (Å²) in [5.74, 6) is -1.24. The second-order valence-electron chi connectivity index (χ2n) is 5.03. The van der Waals surface area contributed by atoms with Crippen molar-refractivity contribution >= 4 is 11.4 Å². The van der Waals surface area contributed by atoms with Gasteiger partial charge in [0.2, 0.25) is 0 Å². The fraction of sp³-hybridized carbons (Fsp3) is 0.538. The number of nitrogens with zero attached hydrogens (tertiary/aromatic N) is 2. The number of rotatable bonds is 2. The molecule has 4 nitrogen and oxygen atoms in total. The molecule has 2 rings (SSSR count). The van der Waals surface area contributed by atoms with E-state index in [0.717, 1.165) is 5.69 Å². The minimum Gasteiger partial charge on any atom is -0.371 e. The molecule has 20 heavy (non-hydrogen) atoms. The van der Waals surface area contributed by atoms with Crippen LogP contribution in [0.3, 0.4) is 0 Å². The molecular formula is C13H15F3N2O2. The number of alkyl halides is 3. The van der Waals surface area contributed by atoms with Gasteiger partial charge in [-0.2, -0.15) is 13.2 Å². The highest BCUT2D eigenvalue weighted by Gasteiger charge is 2.41. The van der Waals surface area contributed by atoms with Crippen LogP contribution in [0.15, 0.2) is 18.2 Å². The van der Waals surface area contributed by atoms with Gasteiger partial charge in [0.1, 0.15) is 0 Å².